The van der Waals surface area contributed by atoms with E-state index < -0.39 is 11.1 Å². The summed E-state index contributed by atoms with van der Waals surface area (Å²) in [4.78, 5) is 3.45. The topological polar surface area (TPSA) is 12.9 Å². The molecule has 0 radical (unpaired) electrons. The maximum absolute atomic E-state index is 12.5. The molecule has 0 aromatic carbocycles. The third-order valence-corrected chi connectivity index (χ3v) is 3.24. The molecule has 0 amide bonds. The van der Waals surface area contributed by atoms with Crippen LogP contribution in [0.4, 0.5) is 13.2 Å². The first-order chi connectivity index (χ1) is 6.36. The number of alkyl halides is 3. The predicted octanol–water partition coefficient (Wildman–Crippen LogP) is 3.85. The Labute approximate surface area is 85.0 Å². The Morgan fingerprint density at radius 3 is 2.21 bits per heavy atom. The van der Waals surface area contributed by atoms with E-state index in [4.69, 9.17) is 0 Å². The number of rotatable bonds is 2. The zero-order valence-electron chi connectivity index (χ0n) is 8.27. The Morgan fingerprint density at radius 1 is 1.36 bits per heavy atom. The van der Waals surface area contributed by atoms with Crippen molar-refractivity contribution in [2.45, 2.75) is 39.3 Å². The molecule has 0 aliphatic rings. The average Bonchev–Trinajstić information content (AvgIpc) is 2.46. The third kappa shape index (κ3) is 2.26. The fraction of sp³-hybridized carbons (Fsp3) is 0.667. The molecule has 0 saturated carbocycles. The van der Waals surface area contributed by atoms with Crippen molar-refractivity contribution >= 4 is 11.3 Å². The minimum Gasteiger partial charge on any atom is -0.245 e. The van der Waals surface area contributed by atoms with Gasteiger partial charge in [-0.1, -0.05) is 20.8 Å². The van der Waals surface area contributed by atoms with E-state index in [0.29, 0.717) is 11.4 Å². The maximum atomic E-state index is 12.5. The lowest BCUT2D eigenvalue weighted by atomic mass is 10.2. The molecule has 0 unspecified atom stereocenters. The van der Waals surface area contributed by atoms with Crippen molar-refractivity contribution in [3.63, 3.8) is 0 Å². The van der Waals surface area contributed by atoms with Crippen LogP contribution in [0.15, 0.2) is 0 Å². The molecule has 14 heavy (non-hydrogen) atoms. The monoisotopic (exact) mass is 223 g/mol. The summed E-state index contributed by atoms with van der Waals surface area (Å²) in [6.45, 7) is 5.38. The minimum absolute atomic E-state index is 0.0569. The zero-order valence-corrected chi connectivity index (χ0v) is 9.09. The van der Waals surface area contributed by atoms with Gasteiger partial charge in [0, 0.05) is 5.92 Å². The van der Waals surface area contributed by atoms with Crippen LogP contribution in [0.25, 0.3) is 0 Å². The molecule has 0 N–H and O–H groups in total. The molecule has 80 valence electrons. The van der Waals surface area contributed by atoms with E-state index in [1.54, 1.807) is 6.92 Å². The van der Waals surface area contributed by atoms with Crippen LogP contribution in [0.5, 0.6) is 0 Å². The lowest BCUT2D eigenvalue weighted by Gasteiger charge is -2.03. The lowest BCUT2D eigenvalue weighted by molar-refractivity contribution is -0.135. The largest absolute Gasteiger partial charge is 0.427 e. The molecular weight excluding hydrogens is 211 g/mol. The standard InChI is InChI=1S/C9H12F3NS/c1-4-6-7(9(10,11)12)14-8(13-6)5(2)3/h5H,4H2,1-3H3. The van der Waals surface area contributed by atoms with Gasteiger partial charge in [-0.05, 0) is 6.42 Å². The zero-order chi connectivity index (χ0) is 10.9. The van der Waals surface area contributed by atoms with Crippen LogP contribution >= 0.6 is 11.3 Å². The highest BCUT2D eigenvalue weighted by Gasteiger charge is 2.36. The molecule has 1 aromatic heterocycles. The third-order valence-electron chi connectivity index (χ3n) is 1.80. The van der Waals surface area contributed by atoms with Gasteiger partial charge < -0.3 is 0 Å². The molecule has 0 atom stereocenters. The first-order valence-corrected chi connectivity index (χ1v) is 5.24. The summed E-state index contributed by atoms with van der Waals surface area (Å²) in [5, 5.41) is 0.564. The van der Waals surface area contributed by atoms with Gasteiger partial charge in [0.15, 0.2) is 0 Å². The van der Waals surface area contributed by atoms with Crippen LogP contribution in [0.3, 0.4) is 0 Å². The van der Waals surface area contributed by atoms with Gasteiger partial charge in [-0.25, -0.2) is 4.98 Å². The first kappa shape index (κ1) is 11.5. The Kier molecular flexibility index (Phi) is 3.19. The minimum atomic E-state index is -4.25. The van der Waals surface area contributed by atoms with E-state index in [2.05, 4.69) is 4.98 Å². The van der Waals surface area contributed by atoms with E-state index >= 15 is 0 Å². The molecular formula is C9H12F3NS. The number of nitrogens with zero attached hydrogens (tertiary/aromatic N) is 1. The fourth-order valence-corrected chi connectivity index (χ4v) is 2.10. The Balaban J connectivity index is 3.16. The number of halogens is 3. The van der Waals surface area contributed by atoms with Gasteiger partial charge in [0.1, 0.15) is 4.88 Å². The predicted molar refractivity (Wildman–Crippen MR) is 50.6 cm³/mol. The van der Waals surface area contributed by atoms with Crippen molar-refractivity contribution in [2.24, 2.45) is 0 Å². The van der Waals surface area contributed by atoms with Crippen LogP contribution in [0, 0.1) is 0 Å². The molecule has 1 heterocycles. The summed E-state index contributed by atoms with van der Waals surface area (Å²) >= 11 is 0.763. The van der Waals surface area contributed by atoms with Crippen LogP contribution in [-0.4, -0.2) is 4.98 Å². The molecule has 0 saturated heterocycles. The summed E-state index contributed by atoms with van der Waals surface area (Å²) in [5.74, 6) is 0.0569. The second kappa shape index (κ2) is 3.88. The molecule has 0 spiro atoms. The summed E-state index contributed by atoms with van der Waals surface area (Å²) in [5.41, 5.74) is 0.172. The van der Waals surface area contributed by atoms with E-state index in [0.717, 1.165) is 11.3 Å². The number of aryl methyl sites for hydroxylation is 1. The fourth-order valence-electron chi connectivity index (χ4n) is 1.08. The number of hydrogen-bond donors (Lipinski definition) is 0. The Morgan fingerprint density at radius 2 is 1.93 bits per heavy atom. The van der Waals surface area contributed by atoms with Gasteiger partial charge in [0.05, 0.1) is 10.7 Å². The van der Waals surface area contributed by atoms with E-state index in [1.165, 1.54) is 0 Å². The number of thiazole rings is 1. The summed E-state index contributed by atoms with van der Waals surface area (Å²) in [6, 6.07) is 0. The van der Waals surface area contributed by atoms with Gasteiger partial charge in [-0.3, -0.25) is 0 Å². The molecule has 0 fully saturated rings. The highest BCUT2D eigenvalue weighted by molar-refractivity contribution is 7.12. The van der Waals surface area contributed by atoms with Crippen molar-refractivity contribution in [1.29, 1.82) is 0 Å². The van der Waals surface area contributed by atoms with Gasteiger partial charge in [0.25, 0.3) is 0 Å². The molecule has 1 nitrogen and oxygen atoms in total. The molecule has 5 heteroatoms. The molecule has 1 aromatic rings. The second-order valence-corrected chi connectivity index (χ2v) is 4.36. The maximum Gasteiger partial charge on any atom is 0.427 e. The van der Waals surface area contributed by atoms with E-state index in [1.807, 2.05) is 13.8 Å². The number of aromatic nitrogens is 1. The highest BCUT2D eigenvalue weighted by atomic mass is 32.1. The Bertz CT molecular complexity index is 314. The Hall–Kier alpha value is -0.580. The number of hydrogen-bond acceptors (Lipinski definition) is 2. The summed E-state index contributed by atoms with van der Waals surface area (Å²) in [6.07, 6.45) is -3.92. The SMILES string of the molecule is CCc1nc(C(C)C)sc1C(F)(F)F. The van der Waals surface area contributed by atoms with Crippen molar-refractivity contribution < 1.29 is 13.2 Å². The highest BCUT2D eigenvalue weighted by Crippen LogP contribution is 2.38. The van der Waals surface area contributed by atoms with E-state index in [-0.39, 0.29) is 11.6 Å². The van der Waals surface area contributed by atoms with Crippen LogP contribution in [-0.2, 0) is 12.6 Å². The second-order valence-electron chi connectivity index (χ2n) is 3.33. The first-order valence-electron chi connectivity index (χ1n) is 4.43. The lowest BCUT2D eigenvalue weighted by Crippen LogP contribution is -2.05. The van der Waals surface area contributed by atoms with Crippen LogP contribution in [0.2, 0.25) is 0 Å². The molecule has 1 rings (SSSR count). The van der Waals surface area contributed by atoms with Gasteiger partial charge in [-0.15, -0.1) is 11.3 Å². The summed E-state index contributed by atoms with van der Waals surface area (Å²) in [7, 11) is 0. The van der Waals surface area contributed by atoms with Crippen LogP contribution < -0.4 is 0 Å². The average molecular weight is 223 g/mol. The van der Waals surface area contributed by atoms with Gasteiger partial charge >= 0.3 is 6.18 Å². The normalized spacial score (nSPS) is 12.5. The van der Waals surface area contributed by atoms with Crippen molar-refractivity contribution in [2.75, 3.05) is 0 Å². The molecule has 0 aliphatic heterocycles. The van der Waals surface area contributed by atoms with Crippen molar-refractivity contribution in [1.82, 2.24) is 4.98 Å². The van der Waals surface area contributed by atoms with Crippen molar-refractivity contribution in [3.05, 3.63) is 15.6 Å². The van der Waals surface area contributed by atoms with Gasteiger partial charge in [0.2, 0.25) is 0 Å². The van der Waals surface area contributed by atoms with Crippen LogP contribution in [0.1, 0.15) is 42.3 Å². The van der Waals surface area contributed by atoms with Gasteiger partial charge in [-0.2, -0.15) is 13.2 Å². The quantitative estimate of drug-likeness (QED) is 0.742. The summed E-state index contributed by atoms with van der Waals surface area (Å²) < 4.78 is 37.4. The van der Waals surface area contributed by atoms with E-state index in [9.17, 15) is 13.2 Å². The molecule has 0 aliphatic carbocycles. The van der Waals surface area contributed by atoms with Crippen molar-refractivity contribution in [3.8, 4) is 0 Å². The smallest absolute Gasteiger partial charge is 0.245 e. The molecule has 0 bridgehead atoms.